The second-order valence-electron chi connectivity index (χ2n) is 7.21. The molecule has 166 valence electrons. The molecule has 0 fully saturated rings. The molecule has 5 nitrogen and oxygen atoms in total. The van der Waals surface area contributed by atoms with Gasteiger partial charge in [-0.05, 0) is 42.0 Å². The van der Waals surface area contributed by atoms with Gasteiger partial charge in [-0.15, -0.1) is 0 Å². The molecule has 0 heterocycles. The summed E-state index contributed by atoms with van der Waals surface area (Å²) in [5.74, 6) is -0.687. The number of nitrogens with zero attached hydrogens (tertiary/aromatic N) is 1. The zero-order valence-corrected chi connectivity index (χ0v) is 17.3. The van der Waals surface area contributed by atoms with Crippen LogP contribution in [0.25, 0.3) is 0 Å². The first-order chi connectivity index (χ1) is 15.2. The number of amides is 2. The third-order valence-electron chi connectivity index (χ3n) is 4.65. The van der Waals surface area contributed by atoms with Crippen molar-refractivity contribution < 1.29 is 22.8 Å². The lowest BCUT2D eigenvalue weighted by molar-refractivity contribution is -0.137. The zero-order valence-electron chi connectivity index (χ0n) is 17.3. The minimum Gasteiger partial charge on any atom is -0.376 e. The summed E-state index contributed by atoms with van der Waals surface area (Å²) in [7, 11) is 1.71. The lowest BCUT2D eigenvalue weighted by Crippen LogP contribution is -2.26. The number of anilines is 2. The number of halogens is 3. The van der Waals surface area contributed by atoms with Crippen molar-refractivity contribution in [3.8, 4) is 0 Å². The highest BCUT2D eigenvalue weighted by Gasteiger charge is 2.30. The Kier molecular flexibility index (Phi) is 7.14. The smallest absolute Gasteiger partial charge is 0.376 e. The van der Waals surface area contributed by atoms with Crippen LogP contribution < -0.4 is 10.6 Å². The van der Waals surface area contributed by atoms with Gasteiger partial charge in [-0.2, -0.15) is 13.2 Å². The molecule has 0 aromatic heterocycles. The molecule has 0 radical (unpaired) electrons. The van der Waals surface area contributed by atoms with Gasteiger partial charge in [-0.1, -0.05) is 42.5 Å². The first-order valence-corrected chi connectivity index (χ1v) is 9.83. The third-order valence-corrected chi connectivity index (χ3v) is 4.65. The van der Waals surface area contributed by atoms with Crippen molar-refractivity contribution in [1.82, 2.24) is 4.90 Å². The van der Waals surface area contributed by atoms with Crippen LogP contribution in [0.4, 0.5) is 24.5 Å². The predicted molar refractivity (Wildman–Crippen MR) is 117 cm³/mol. The van der Waals surface area contributed by atoms with Crippen LogP contribution in [-0.4, -0.2) is 30.3 Å². The summed E-state index contributed by atoms with van der Waals surface area (Å²) in [6, 6.07) is 20.7. The minimum absolute atomic E-state index is 0.0538. The number of carbonyl (C=O) groups excluding carboxylic acids is 2. The number of hydrogen-bond donors (Lipinski definition) is 2. The Morgan fingerprint density at radius 1 is 0.875 bits per heavy atom. The van der Waals surface area contributed by atoms with Crippen LogP contribution in [0.2, 0.25) is 0 Å². The maximum atomic E-state index is 12.8. The Bertz CT molecular complexity index is 1090. The maximum absolute atomic E-state index is 12.8. The largest absolute Gasteiger partial charge is 0.416 e. The summed E-state index contributed by atoms with van der Waals surface area (Å²) in [6.07, 6.45) is -4.49. The first-order valence-electron chi connectivity index (χ1n) is 9.83. The Morgan fingerprint density at radius 3 is 2.28 bits per heavy atom. The number of hydrogen-bond acceptors (Lipinski definition) is 3. The van der Waals surface area contributed by atoms with Crippen LogP contribution in [0.3, 0.4) is 0 Å². The molecular formula is C24H22F3N3O2. The minimum atomic E-state index is -4.49. The zero-order chi connectivity index (χ0) is 23.1. The third kappa shape index (κ3) is 6.34. The lowest BCUT2D eigenvalue weighted by atomic mass is 10.1. The van der Waals surface area contributed by atoms with Crippen LogP contribution in [0, 0.1) is 0 Å². The predicted octanol–water partition coefficient (Wildman–Crippen LogP) is 5.03. The fourth-order valence-corrected chi connectivity index (χ4v) is 3.07. The van der Waals surface area contributed by atoms with Gasteiger partial charge < -0.3 is 15.5 Å². The van der Waals surface area contributed by atoms with E-state index in [1.165, 1.54) is 12.1 Å². The van der Waals surface area contributed by atoms with Crippen LogP contribution in [0.5, 0.6) is 0 Å². The highest BCUT2D eigenvalue weighted by Crippen LogP contribution is 2.30. The molecule has 0 bridgehead atoms. The van der Waals surface area contributed by atoms with Crippen molar-refractivity contribution >= 4 is 23.2 Å². The van der Waals surface area contributed by atoms with E-state index in [-0.39, 0.29) is 18.1 Å². The monoisotopic (exact) mass is 441 g/mol. The van der Waals surface area contributed by atoms with E-state index in [9.17, 15) is 22.8 Å². The van der Waals surface area contributed by atoms with E-state index in [2.05, 4.69) is 10.6 Å². The van der Waals surface area contributed by atoms with Gasteiger partial charge in [0, 0.05) is 30.5 Å². The first kappa shape index (κ1) is 22.9. The molecule has 8 heteroatoms. The quantitative estimate of drug-likeness (QED) is 0.541. The second kappa shape index (κ2) is 10.00. The number of benzene rings is 3. The molecule has 0 aliphatic carbocycles. The number of alkyl halides is 3. The molecule has 3 aromatic rings. The summed E-state index contributed by atoms with van der Waals surface area (Å²) >= 11 is 0. The Morgan fingerprint density at radius 2 is 1.56 bits per heavy atom. The van der Waals surface area contributed by atoms with Gasteiger partial charge in [0.1, 0.15) is 0 Å². The molecule has 2 amide bonds. The molecule has 0 aliphatic heterocycles. The topological polar surface area (TPSA) is 61.4 Å². The van der Waals surface area contributed by atoms with Crippen molar-refractivity contribution in [1.29, 1.82) is 0 Å². The molecule has 0 aliphatic rings. The molecule has 0 atom stereocenters. The average molecular weight is 441 g/mol. The van der Waals surface area contributed by atoms with Gasteiger partial charge in [0.15, 0.2) is 0 Å². The van der Waals surface area contributed by atoms with Gasteiger partial charge in [-0.3, -0.25) is 9.59 Å². The van der Waals surface area contributed by atoms with Crippen molar-refractivity contribution in [2.75, 3.05) is 24.2 Å². The van der Waals surface area contributed by atoms with Crippen molar-refractivity contribution in [3.05, 3.63) is 95.6 Å². The summed E-state index contributed by atoms with van der Waals surface area (Å²) in [5.41, 5.74) is 1.21. The van der Waals surface area contributed by atoms with E-state index in [1.807, 2.05) is 30.3 Å². The normalized spacial score (nSPS) is 11.0. The van der Waals surface area contributed by atoms with E-state index < -0.39 is 17.6 Å². The van der Waals surface area contributed by atoms with Gasteiger partial charge in [0.05, 0.1) is 12.1 Å². The Balaban J connectivity index is 1.57. The number of carbonyl (C=O) groups is 2. The van der Waals surface area contributed by atoms with E-state index in [0.717, 1.165) is 17.7 Å². The number of rotatable bonds is 7. The molecule has 32 heavy (non-hydrogen) atoms. The van der Waals surface area contributed by atoms with E-state index in [0.29, 0.717) is 17.8 Å². The van der Waals surface area contributed by atoms with Crippen molar-refractivity contribution in [2.45, 2.75) is 12.7 Å². The SMILES string of the molecule is CN(Cc1ccccc1)C(=O)c1cccc(NCC(=O)Nc2cccc(C(F)(F)F)c2)c1. The lowest BCUT2D eigenvalue weighted by Gasteiger charge is -2.18. The standard InChI is InChI=1S/C24H22F3N3O2/c1-30(16-17-7-3-2-4-8-17)23(32)18-9-5-11-20(13-18)28-15-22(31)29-21-12-6-10-19(14-21)24(25,26)27/h2-14,28H,15-16H2,1H3,(H,29,31). The number of nitrogens with one attached hydrogen (secondary N) is 2. The molecule has 3 rings (SSSR count). The van der Waals surface area contributed by atoms with E-state index in [1.54, 1.807) is 36.2 Å². The van der Waals surface area contributed by atoms with E-state index in [4.69, 9.17) is 0 Å². The van der Waals surface area contributed by atoms with Crippen molar-refractivity contribution in [3.63, 3.8) is 0 Å². The van der Waals surface area contributed by atoms with Crippen LogP contribution in [-0.2, 0) is 17.5 Å². The van der Waals surface area contributed by atoms with E-state index >= 15 is 0 Å². The molecule has 0 saturated carbocycles. The highest BCUT2D eigenvalue weighted by atomic mass is 19.4. The Labute approximate surface area is 183 Å². The molecule has 2 N–H and O–H groups in total. The summed E-state index contributed by atoms with van der Waals surface area (Å²) in [5, 5.41) is 5.32. The van der Waals surface area contributed by atoms with Gasteiger partial charge >= 0.3 is 6.18 Å². The Hall–Kier alpha value is -3.81. The molecule has 0 unspecified atom stereocenters. The molecule has 0 spiro atoms. The molecule has 0 saturated heterocycles. The van der Waals surface area contributed by atoms with Crippen LogP contribution in [0.1, 0.15) is 21.5 Å². The average Bonchev–Trinajstić information content (AvgIpc) is 2.77. The molecule has 3 aromatic carbocycles. The maximum Gasteiger partial charge on any atom is 0.416 e. The van der Waals surface area contributed by atoms with Gasteiger partial charge in [0.2, 0.25) is 5.91 Å². The summed E-state index contributed by atoms with van der Waals surface area (Å²) in [6.45, 7) is 0.282. The van der Waals surface area contributed by atoms with Gasteiger partial charge in [-0.25, -0.2) is 0 Å². The molecular weight excluding hydrogens is 419 g/mol. The second-order valence-corrected chi connectivity index (χ2v) is 7.21. The fourth-order valence-electron chi connectivity index (χ4n) is 3.07. The van der Waals surface area contributed by atoms with Crippen molar-refractivity contribution in [2.24, 2.45) is 0 Å². The summed E-state index contributed by atoms with van der Waals surface area (Å²) in [4.78, 5) is 26.5. The van der Waals surface area contributed by atoms with Crippen LogP contribution >= 0.6 is 0 Å². The highest BCUT2D eigenvalue weighted by molar-refractivity contribution is 5.96. The summed E-state index contributed by atoms with van der Waals surface area (Å²) < 4.78 is 38.4. The van der Waals surface area contributed by atoms with Gasteiger partial charge in [0.25, 0.3) is 5.91 Å². The van der Waals surface area contributed by atoms with Crippen LogP contribution in [0.15, 0.2) is 78.9 Å². The fraction of sp³-hybridized carbons (Fsp3) is 0.167.